The molecule has 1 atom stereocenters. The lowest BCUT2D eigenvalue weighted by Crippen LogP contribution is -2.28. The normalized spacial score (nSPS) is 17.8. The largest absolute Gasteiger partial charge is 0.395 e. The van der Waals surface area contributed by atoms with Crippen molar-refractivity contribution in [3.05, 3.63) is 21.9 Å². The van der Waals surface area contributed by atoms with Crippen molar-refractivity contribution in [2.24, 2.45) is 5.92 Å². The number of hydrogen-bond donors (Lipinski definition) is 2. The summed E-state index contributed by atoms with van der Waals surface area (Å²) >= 11 is 3.42. The number of nitrogens with one attached hydrogen (secondary N) is 1. The minimum Gasteiger partial charge on any atom is -0.395 e. The standard InChI is InChI=1S/C14H17NO2S2/c16-5-2-1-3-13-7-12(10-19-13)14(17)15-8-11-4-6-18-9-11/h7,10-11,16H,2,4-6,8-9H2,(H,15,17). The number of aliphatic hydroxyl groups is 1. The first-order valence-corrected chi connectivity index (χ1v) is 8.37. The van der Waals surface area contributed by atoms with E-state index in [1.165, 1.54) is 23.5 Å². The van der Waals surface area contributed by atoms with Gasteiger partial charge in [0.1, 0.15) is 0 Å². The SMILES string of the molecule is O=C(NCC1CCSC1)c1csc(C#CCCO)c1. The molecule has 3 nitrogen and oxygen atoms in total. The highest BCUT2D eigenvalue weighted by atomic mass is 32.2. The van der Waals surface area contributed by atoms with Gasteiger partial charge in [-0.3, -0.25) is 4.79 Å². The summed E-state index contributed by atoms with van der Waals surface area (Å²) in [5, 5.41) is 13.5. The monoisotopic (exact) mass is 295 g/mol. The van der Waals surface area contributed by atoms with E-state index in [0.717, 1.165) is 17.2 Å². The highest BCUT2D eigenvalue weighted by Gasteiger charge is 2.16. The number of carbonyl (C=O) groups is 1. The molecule has 0 bridgehead atoms. The Morgan fingerprint density at radius 1 is 1.58 bits per heavy atom. The second kappa shape index (κ2) is 7.59. The van der Waals surface area contributed by atoms with Gasteiger partial charge in [-0.25, -0.2) is 0 Å². The molecule has 1 saturated heterocycles. The Labute approximate surface area is 121 Å². The van der Waals surface area contributed by atoms with Crippen molar-refractivity contribution in [2.75, 3.05) is 24.7 Å². The molecule has 2 rings (SSSR count). The second-order valence-corrected chi connectivity index (χ2v) is 6.48. The topological polar surface area (TPSA) is 49.3 Å². The maximum Gasteiger partial charge on any atom is 0.252 e. The summed E-state index contributed by atoms with van der Waals surface area (Å²) in [6, 6.07) is 1.81. The molecule has 19 heavy (non-hydrogen) atoms. The van der Waals surface area contributed by atoms with Crippen molar-refractivity contribution in [2.45, 2.75) is 12.8 Å². The molecule has 1 aliphatic heterocycles. The fourth-order valence-corrected chi connectivity index (χ4v) is 3.85. The molecule has 1 aromatic heterocycles. The van der Waals surface area contributed by atoms with E-state index in [0.29, 0.717) is 17.9 Å². The van der Waals surface area contributed by atoms with Gasteiger partial charge in [0.15, 0.2) is 0 Å². The van der Waals surface area contributed by atoms with E-state index in [4.69, 9.17) is 5.11 Å². The van der Waals surface area contributed by atoms with Gasteiger partial charge in [-0.15, -0.1) is 11.3 Å². The van der Waals surface area contributed by atoms with Crippen molar-refractivity contribution in [1.82, 2.24) is 5.32 Å². The Hall–Kier alpha value is -0.960. The fourth-order valence-electron chi connectivity index (χ4n) is 1.81. The van der Waals surface area contributed by atoms with E-state index >= 15 is 0 Å². The molecule has 2 N–H and O–H groups in total. The third-order valence-corrected chi connectivity index (χ3v) is 4.96. The highest BCUT2D eigenvalue weighted by molar-refractivity contribution is 7.99. The van der Waals surface area contributed by atoms with Gasteiger partial charge in [-0.05, 0) is 29.9 Å². The third kappa shape index (κ3) is 4.57. The fraction of sp³-hybridized carbons (Fsp3) is 0.500. The third-order valence-electron chi connectivity index (χ3n) is 2.89. The summed E-state index contributed by atoms with van der Waals surface area (Å²) in [6.45, 7) is 0.846. The lowest BCUT2D eigenvalue weighted by atomic mass is 10.1. The van der Waals surface area contributed by atoms with Crippen LogP contribution in [0.2, 0.25) is 0 Å². The first-order chi connectivity index (χ1) is 9.29. The Balaban J connectivity index is 1.83. The van der Waals surface area contributed by atoms with Crippen molar-refractivity contribution in [3.8, 4) is 11.8 Å². The summed E-state index contributed by atoms with van der Waals surface area (Å²) in [5.74, 6) is 8.78. The molecule has 0 aliphatic carbocycles. The lowest BCUT2D eigenvalue weighted by Gasteiger charge is -2.08. The maximum atomic E-state index is 11.9. The molecule has 0 aromatic carbocycles. The molecule has 0 saturated carbocycles. The van der Waals surface area contributed by atoms with Gasteiger partial charge in [0.2, 0.25) is 0 Å². The molecule has 0 spiro atoms. The number of amides is 1. The van der Waals surface area contributed by atoms with E-state index in [9.17, 15) is 4.79 Å². The zero-order valence-electron chi connectivity index (χ0n) is 10.6. The number of thiophene rings is 1. The van der Waals surface area contributed by atoms with Crippen LogP contribution in [0, 0.1) is 17.8 Å². The molecule has 1 fully saturated rings. The summed E-state index contributed by atoms with van der Waals surface area (Å²) < 4.78 is 0. The van der Waals surface area contributed by atoms with Crippen LogP contribution < -0.4 is 5.32 Å². The molecule has 1 amide bonds. The molecule has 1 aromatic rings. The second-order valence-electron chi connectivity index (χ2n) is 4.41. The van der Waals surface area contributed by atoms with E-state index < -0.39 is 0 Å². The van der Waals surface area contributed by atoms with Crippen LogP contribution in [-0.4, -0.2) is 35.7 Å². The smallest absolute Gasteiger partial charge is 0.252 e. The van der Waals surface area contributed by atoms with Gasteiger partial charge in [0.05, 0.1) is 17.0 Å². The van der Waals surface area contributed by atoms with Gasteiger partial charge in [0.25, 0.3) is 5.91 Å². The quantitative estimate of drug-likeness (QED) is 0.835. The number of rotatable bonds is 4. The predicted molar refractivity (Wildman–Crippen MR) is 80.7 cm³/mol. The van der Waals surface area contributed by atoms with Gasteiger partial charge in [0, 0.05) is 18.3 Å². The lowest BCUT2D eigenvalue weighted by molar-refractivity contribution is 0.0949. The molecule has 2 heterocycles. The average Bonchev–Trinajstić information content (AvgIpc) is 3.07. The van der Waals surface area contributed by atoms with Crippen LogP contribution in [0.5, 0.6) is 0 Å². The highest BCUT2D eigenvalue weighted by Crippen LogP contribution is 2.22. The van der Waals surface area contributed by atoms with E-state index in [-0.39, 0.29) is 12.5 Å². The minimum absolute atomic E-state index is 0.0108. The van der Waals surface area contributed by atoms with Crippen LogP contribution in [0.1, 0.15) is 28.1 Å². The number of aliphatic hydroxyl groups excluding tert-OH is 1. The summed E-state index contributed by atoms with van der Waals surface area (Å²) in [5.41, 5.74) is 0.684. The zero-order chi connectivity index (χ0) is 13.5. The molecule has 5 heteroatoms. The molecular weight excluding hydrogens is 278 g/mol. The minimum atomic E-state index is -0.0108. The van der Waals surface area contributed by atoms with Crippen LogP contribution in [0.15, 0.2) is 11.4 Å². The van der Waals surface area contributed by atoms with E-state index in [1.54, 1.807) is 0 Å². The van der Waals surface area contributed by atoms with E-state index in [1.807, 2.05) is 23.2 Å². The molecule has 102 valence electrons. The molecular formula is C14H17NO2S2. The van der Waals surface area contributed by atoms with Gasteiger partial charge in [-0.2, -0.15) is 11.8 Å². The zero-order valence-corrected chi connectivity index (χ0v) is 12.3. The van der Waals surface area contributed by atoms with Gasteiger partial charge < -0.3 is 10.4 Å². The van der Waals surface area contributed by atoms with Crippen LogP contribution in [0.4, 0.5) is 0 Å². The van der Waals surface area contributed by atoms with Crippen LogP contribution in [0.3, 0.4) is 0 Å². The van der Waals surface area contributed by atoms with Crippen molar-refractivity contribution in [1.29, 1.82) is 0 Å². The Morgan fingerprint density at radius 2 is 2.47 bits per heavy atom. The average molecular weight is 295 g/mol. The van der Waals surface area contributed by atoms with Gasteiger partial charge in [-0.1, -0.05) is 11.8 Å². The van der Waals surface area contributed by atoms with Gasteiger partial charge >= 0.3 is 0 Å². The number of carbonyl (C=O) groups excluding carboxylic acids is 1. The Kier molecular flexibility index (Phi) is 5.77. The molecule has 1 aliphatic rings. The van der Waals surface area contributed by atoms with Crippen molar-refractivity contribution < 1.29 is 9.90 Å². The summed E-state index contributed by atoms with van der Waals surface area (Å²) in [6.07, 6.45) is 1.67. The van der Waals surface area contributed by atoms with Crippen LogP contribution >= 0.6 is 23.1 Å². The predicted octanol–water partition coefficient (Wildman–Crippen LogP) is 1.96. The van der Waals surface area contributed by atoms with E-state index in [2.05, 4.69) is 17.2 Å². The summed E-state index contributed by atoms with van der Waals surface area (Å²) in [7, 11) is 0. The molecule has 1 unspecified atom stereocenters. The Morgan fingerprint density at radius 3 is 3.21 bits per heavy atom. The van der Waals surface area contributed by atoms with Crippen molar-refractivity contribution >= 4 is 29.0 Å². The molecule has 0 radical (unpaired) electrons. The van der Waals surface area contributed by atoms with Crippen molar-refractivity contribution in [3.63, 3.8) is 0 Å². The Bertz CT molecular complexity index is 481. The first kappa shape index (κ1) is 14.4. The van der Waals surface area contributed by atoms with Crippen LogP contribution in [-0.2, 0) is 0 Å². The summed E-state index contributed by atoms with van der Waals surface area (Å²) in [4.78, 5) is 12.8. The number of hydrogen-bond acceptors (Lipinski definition) is 4. The van der Waals surface area contributed by atoms with Crippen LogP contribution in [0.25, 0.3) is 0 Å². The first-order valence-electron chi connectivity index (χ1n) is 6.34. The number of thioether (sulfide) groups is 1. The maximum absolute atomic E-state index is 11.9.